The van der Waals surface area contributed by atoms with Gasteiger partial charge in [0, 0.05) is 18.7 Å². The molecule has 1 fully saturated rings. The fourth-order valence-corrected chi connectivity index (χ4v) is 4.70. The van der Waals surface area contributed by atoms with E-state index < -0.39 is 9.84 Å². The van der Waals surface area contributed by atoms with Crippen LogP contribution in [-0.4, -0.2) is 39.3 Å². The summed E-state index contributed by atoms with van der Waals surface area (Å²) in [6.07, 6.45) is 1.94. The molecule has 1 atom stereocenters. The van der Waals surface area contributed by atoms with E-state index in [2.05, 4.69) is 10.3 Å². The Morgan fingerprint density at radius 2 is 1.87 bits per heavy atom. The lowest BCUT2D eigenvalue weighted by Crippen LogP contribution is -2.19. The second-order valence-corrected chi connectivity index (χ2v) is 9.31. The van der Waals surface area contributed by atoms with Gasteiger partial charge in [0.25, 0.3) is 0 Å². The van der Waals surface area contributed by atoms with Crippen LogP contribution in [0.3, 0.4) is 0 Å². The maximum absolute atomic E-state index is 13.3. The number of benzene rings is 2. The Bertz CT molecular complexity index is 1120. The lowest BCUT2D eigenvalue weighted by molar-refractivity contribution is 0.120. The molecule has 8 heteroatoms. The molecular weight excluding hydrogens is 416 g/mol. The molecule has 2 heterocycles. The zero-order valence-corrected chi connectivity index (χ0v) is 18.4. The molecule has 1 N–H and O–H groups in total. The standard InChI is InChI=1S/C23H26N2O5S/c1-3-28-18-10-8-17(9-11-18)21-25-23(22(30-21)24-15-19-5-4-14-29-19)31(26,27)20-12-6-16(2)7-13-20/h6-13,19,24H,3-5,14-15H2,1-2H3. The average molecular weight is 443 g/mol. The van der Waals surface area contributed by atoms with Crippen LogP contribution in [0, 0.1) is 6.92 Å². The second kappa shape index (κ2) is 9.11. The third-order valence-electron chi connectivity index (χ3n) is 5.11. The van der Waals surface area contributed by atoms with Crippen molar-refractivity contribution in [3.63, 3.8) is 0 Å². The van der Waals surface area contributed by atoms with Gasteiger partial charge < -0.3 is 19.2 Å². The molecule has 2 aromatic carbocycles. The van der Waals surface area contributed by atoms with Gasteiger partial charge in [-0.25, -0.2) is 8.42 Å². The number of anilines is 1. The monoisotopic (exact) mass is 442 g/mol. The van der Waals surface area contributed by atoms with Gasteiger partial charge in [-0.2, -0.15) is 4.98 Å². The lowest BCUT2D eigenvalue weighted by atomic mass is 10.2. The molecule has 4 rings (SSSR count). The lowest BCUT2D eigenvalue weighted by Gasteiger charge is -2.10. The van der Waals surface area contributed by atoms with Gasteiger partial charge in [0.05, 0.1) is 17.6 Å². The molecule has 1 unspecified atom stereocenters. The molecule has 0 spiro atoms. The van der Waals surface area contributed by atoms with E-state index in [4.69, 9.17) is 13.9 Å². The number of oxazole rings is 1. The van der Waals surface area contributed by atoms with Crippen molar-refractivity contribution in [2.24, 2.45) is 0 Å². The Morgan fingerprint density at radius 1 is 1.13 bits per heavy atom. The first-order valence-electron chi connectivity index (χ1n) is 10.4. The van der Waals surface area contributed by atoms with Crippen molar-refractivity contribution in [1.82, 2.24) is 4.98 Å². The van der Waals surface area contributed by atoms with Crippen molar-refractivity contribution in [2.45, 2.75) is 42.7 Å². The van der Waals surface area contributed by atoms with E-state index in [1.165, 1.54) is 0 Å². The summed E-state index contributed by atoms with van der Waals surface area (Å²) in [6.45, 7) is 5.55. The van der Waals surface area contributed by atoms with Crippen molar-refractivity contribution in [3.8, 4) is 17.2 Å². The van der Waals surface area contributed by atoms with Crippen LogP contribution in [0.15, 0.2) is 62.9 Å². The summed E-state index contributed by atoms with van der Waals surface area (Å²) in [7, 11) is -3.87. The first-order valence-corrected chi connectivity index (χ1v) is 11.9. The molecular formula is C23H26N2O5S. The van der Waals surface area contributed by atoms with Crippen LogP contribution in [0.1, 0.15) is 25.3 Å². The van der Waals surface area contributed by atoms with Gasteiger partial charge in [-0.15, -0.1) is 0 Å². The number of hydrogen-bond acceptors (Lipinski definition) is 7. The smallest absolute Gasteiger partial charge is 0.233 e. The summed E-state index contributed by atoms with van der Waals surface area (Å²) in [5.41, 5.74) is 1.64. The summed E-state index contributed by atoms with van der Waals surface area (Å²) < 4.78 is 43.7. The highest BCUT2D eigenvalue weighted by atomic mass is 32.2. The fraction of sp³-hybridized carbons (Fsp3) is 0.348. The van der Waals surface area contributed by atoms with Crippen LogP contribution in [0.5, 0.6) is 5.75 Å². The number of nitrogens with one attached hydrogen (secondary N) is 1. The largest absolute Gasteiger partial charge is 0.494 e. The highest BCUT2D eigenvalue weighted by Crippen LogP contribution is 2.33. The van der Waals surface area contributed by atoms with Gasteiger partial charge in [-0.05, 0) is 63.1 Å². The maximum atomic E-state index is 13.3. The Morgan fingerprint density at radius 3 is 2.52 bits per heavy atom. The third-order valence-corrected chi connectivity index (χ3v) is 6.79. The summed E-state index contributed by atoms with van der Waals surface area (Å²) in [5.74, 6) is 1.07. The molecule has 7 nitrogen and oxygen atoms in total. The van der Waals surface area contributed by atoms with Gasteiger partial charge in [0.2, 0.25) is 26.6 Å². The molecule has 0 saturated carbocycles. The van der Waals surface area contributed by atoms with Gasteiger partial charge >= 0.3 is 0 Å². The molecule has 0 bridgehead atoms. The summed E-state index contributed by atoms with van der Waals surface area (Å²) in [4.78, 5) is 4.54. The zero-order chi connectivity index (χ0) is 21.8. The minimum atomic E-state index is -3.87. The van der Waals surface area contributed by atoms with Crippen molar-refractivity contribution < 1.29 is 22.3 Å². The van der Waals surface area contributed by atoms with Crippen molar-refractivity contribution in [2.75, 3.05) is 25.1 Å². The van der Waals surface area contributed by atoms with E-state index in [1.807, 2.05) is 13.8 Å². The van der Waals surface area contributed by atoms with Gasteiger partial charge in [0.15, 0.2) is 0 Å². The minimum Gasteiger partial charge on any atom is -0.494 e. The van der Waals surface area contributed by atoms with Crippen molar-refractivity contribution >= 4 is 15.7 Å². The van der Waals surface area contributed by atoms with Crippen molar-refractivity contribution in [3.05, 3.63) is 54.1 Å². The third kappa shape index (κ3) is 4.75. The maximum Gasteiger partial charge on any atom is 0.233 e. The number of nitrogens with zero attached hydrogens (tertiary/aromatic N) is 1. The molecule has 1 aromatic heterocycles. The number of aryl methyl sites for hydroxylation is 1. The molecule has 164 valence electrons. The Balaban J connectivity index is 1.69. The van der Waals surface area contributed by atoms with Crippen molar-refractivity contribution in [1.29, 1.82) is 0 Å². The topological polar surface area (TPSA) is 90.7 Å². The quantitative estimate of drug-likeness (QED) is 0.550. The average Bonchev–Trinajstić information content (AvgIpc) is 3.44. The number of sulfone groups is 1. The highest BCUT2D eigenvalue weighted by molar-refractivity contribution is 7.91. The molecule has 0 radical (unpaired) electrons. The minimum absolute atomic E-state index is 0.0222. The molecule has 0 amide bonds. The van der Waals surface area contributed by atoms with E-state index in [-0.39, 0.29) is 27.8 Å². The summed E-state index contributed by atoms with van der Waals surface area (Å²) >= 11 is 0. The highest BCUT2D eigenvalue weighted by Gasteiger charge is 2.29. The zero-order valence-electron chi connectivity index (χ0n) is 17.6. The van der Waals surface area contributed by atoms with Gasteiger partial charge in [0.1, 0.15) is 5.75 Å². The molecule has 3 aromatic rings. The fourth-order valence-electron chi connectivity index (χ4n) is 3.42. The van der Waals surface area contributed by atoms with Crippen LogP contribution in [0.25, 0.3) is 11.5 Å². The van der Waals surface area contributed by atoms with Crippen LogP contribution >= 0.6 is 0 Å². The first kappa shape index (κ1) is 21.4. The predicted molar refractivity (Wildman–Crippen MR) is 117 cm³/mol. The van der Waals surface area contributed by atoms with E-state index in [9.17, 15) is 8.42 Å². The SMILES string of the molecule is CCOc1ccc(-c2nc(S(=O)(=O)c3ccc(C)cc3)c(NCC3CCCO3)o2)cc1. The molecule has 0 aliphatic carbocycles. The van der Waals surface area contributed by atoms with Gasteiger partial charge in [-0.1, -0.05) is 17.7 Å². The Labute approximate surface area is 182 Å². The second-order valence-electron chi connectivity index (χ2n) is 7.44. The van der Waals surface area contributed by atoms with Crippen LogP contribution in [-0.2, 0) is 14.6 Å². The van der Waals surface area contributed by atoms with E-state index in [0.717, 1.165) is 24.2 Å². The van der Waals surface area contributed by atoms with E-state index in [0.29, 0.717) is 25.3 Å². The molecule has 1 aliphatic rings. The predicted octanol–water partition coefficient (Wildman–Crippen LogP) is 4.47. The van der Waals surface area contributed by atoms with E-state index in [1.54, 1.807) is 48.5 Å². The molecule has 31 heavy (non-hydrogen) atoms. The number of hydrogen-bond donors (Lipinski definition) is 1. The molecule has 1 aliphatic heterocycles. The Kier molecular flexibility index (Phi) is 6.29. The van der Waals surface area contributed by atoms with Crippen LogP contribution < -0.4 is 10.1 Å². The Hall–Kier alpha value is -2.84. The van der Waals surface area contributed by atoms with Crippen LogP contribution in [0.2, 0.25) is 0 Å². The number of ether oxygens (including phenoxy) is 2. The summed E-state index contributed by atoms with van der Waals surface area (Å²) in [5, 5.41) is 2.98. The molecule has 1 saturated heterocycles. The first-order chi connectivity index (χ1) is 15.0. The van der Waals surface area contributed by atoms with Crippen LogP contribution in [0.4, 0.5) is 5.88 Å². The van der Waals surface area contributed by atoms with E-state index >= 15 is 0 Å². The normalized spacial score (nSPS) is 16.4. The van der Waals surface area contributed by atoms with Gasteiger partial charge in [-0.3, -0.25) is 0 Å². The number of rotatable bonds is 8. The summed E-state index contributed by atoms with van der Waals surface area (Å²) in [6, 6.07) is 13.9. The number of aromatic nitrogens is 1.